The molecule has 1 saturated heterocycles. The monoisotopic (exact) mass is 537 g/mol. The minimum Gasteiger partial charge on any atom is -0.385 e. The molecule has 1 unspecified atom stereocenters. The summed E-state index contributed by atoms with van der Waals surface area (Å²) < 4.78 is 23.3. The Morgan fingerprint density at radius 1 is 1.24 bits per heavy atom. The highest BCUT2D eigenvalue weighted by atomic mass is 127. The van der Waals surface area contributed by atoms with E-state index < -0.39 is 10.8 Å². The van der Waals surface area contributed by atoms with Crippen LogP contribution in [-0.4, -0.2) is 73.4 Å². The molecule has 1 aromatic rings. The standard InChI is InChI=1S/C21H35N3O3S.HI/c1-3-22-21(23-12-17-28(25)18-19-8-5-4-6-9-19)24-13-10-20(11-14-24)27-16-7-15-26-2;/h4-6,8-9,20H,3,7,10-18H2,1-2H3,(H,22,23);1H. The van der Waals surface area contributed by atoms with E-state index in [1.165, 1.54) is 0 Å². The predicted octanol–water partition coefficient (Wildman–Crippen LogP) is 3.04. The first-order valence-electron chi connectivity index (χ1n) is 10.3. The van der Waals surface area contributed by atoms with E-state index in [0.717, 1.165) is 63.6 Å². The van der Waals surface area contributed by atoms with E-state index in [9.17, 15) is 4.21 Å². The van der Waals surface area contributed by atoms with Crippen LogP contribution in [0.5, 0.6) is 0 Å². The Kier molecular flexibility index (Phi) is 14.6. The first kappa shape index (κ1) is 26.3. The molecule has 0 spiro atoms. The number of rotatable bonds is 11. The van der Waals surface area contributed by atoms with Gasteiger partial charge in [0.2, 0.25) is 0 Å². The summed E-state index contributed by atoms with van der Waals surface area (Å²) in [4.78, 5) is 7.00. The van der Waals surface area contributed by atoms with Gasteiger partial charge in [0, 0.05) is 62.3 Å². The highest BCUT2D eigenvalue weighted by Crippen LogP contribution is 2.14. The van der Waals surface area contributed by atoms with Gasteiger partial charge < -0.3 is 19.7 Å². The highest BCUT2D eigenvalue weighted by Gasteiger charge is 2.21. The Hall–Kier alpha value is -0.710. The molecule has 1 aromatic carbocycles. The van der Waals surface area contributed by atoms with Crippen LogP contribution in [0.25, 0.3) is 0 Å². The molecule has 0 radical (unpaired) electrons. The Balaban J connectivity index is 0.00000420. The van der Waals surface area contributed by atoms with Crippen molar-refractivity contribution < 1.29 is 13.7 Å². The van der Waals surface area contributed by atoms with Crippen LogP contribution < -0.4 is 5.32 Å². The van der Waals surface area contributed by atoms with Crippen LogP contribution in [0.1, 0.15) is 31.7 Å². The Labute approximate surface area is 195 Å². The Bertz CT molecular complexity index is 596. The second-order valence-electron chi connectivity index (χ2n) is 6.91. The molecule has 1 N–H and O–H groups in total. The number of likely N-dealkylation sites (tertiary alicyclic amines) is 1. The van der Waals surface area contributed by atoms with Crippen molar-refractivity contribution in [2.75, 3.05) is 52.3 Å². The average Bonchev–Trinajstić information content (AvgIpc) is 2.72. The summed E-state index contributed by atoms with van der Waals surface area (Å²) in [6.45, 7) is 6.88. The molecule has 166 valence electrons. The average molecular weight is 538 g/mol. The van der Waals surface area contributed by atoms with Crippen molar-refractivity contribution in [3.63, 3.8) is 0 Å². The fourth-order valence-electron chi connectivity index (χ4n) is 3.20. The summed E-state index contributed by atoms with van der Waals surface area (Å²) in [6, 6.07) is 9.99. The number of benzene rings is 1. The van der Waals surface area contributed by atoms with Gasteiger partial charge in [-0.3, -0.25) is 9.20 Å². The van der Waals surface area contributed by atoms with E-state index in [1.54, 1.807) is 7.11 Å². The van der Waals surface area contributed by atoms with E-state index in [4.69, 9.17) is 14.5 Å². The van der Waals surface area contributed by atoms with Crippen molar-refractivity contribution >= 4 is 40.7 Å². The van der Waals surface area contributed by atoms with Crippen LogP contribution >= 0.6 is 24.0 Å². The molecule has 29 heavy (non-hydrogen) atoms. The first-order valence-corrected chi connectivity index (χ1v) is 11.7. The fraction of sp³-hybridized carbons (Fsp3) is 0.667. The minimum absolute atomic E-state index is 0. The molecular formula is C21H36IN3O3S. The van der Waals surface area contributed by atoms with Gasteiger partial charge in [-0.1, -0.05) is 30.3 Å². The van der Waals surface area contributed by atoms with Gasteiger partial charge >= 0.3 is 0 Å². The van der Waals surface area contributed by atoms with Gasteiger partial charge in [-0.2, -0.15) is 0 Å². The molecule has 1 fully saturated rings. The van der Waals surface area contributed by atoms with Gasteiger partial charge in [0.1, 0.15) is 0 Å². The number of halogens is 1. The molecule has 0 amide bonds. The number of methoxy groups -OCH3 is 1. The van der Waals surface area contributed by atoms with Gasteiger partial charge in [-0.05, 0) is 31.7 Å². The lowest BCUT2D eigenvalue weighted by Crippen LogP contribution is -2.47. The zero-order valence-electron chi connectivity index (χ0n) is 17.7. The van der Waals surface area contributed by atoms with Gasteiger partial charge in [-0.25, -0.2) is 0 Å². The van der Waals surface area contributed by atoms with E-state index in [2.05, 4.69) is 17.1 Å². The van der Waals surface area contributed by atoms with Crippen molar-refractivity contribution in [3.8, 4) is 0 Å². The van der Waals surface area contributed by atoms with Crippen molar-refractivity contribution in [3.05, 3.63) is 35.9 Å². The van der Waals surface area contributed by atoms with E-state index >= 15 is 0 Å². The van der Waals surface area contributed by atoms with Crippen LogP contribution in [0.15, 0.2) is 35.3 Å². The molecular weight excluding hydrogens is 501 g/mol. The lowest BCUT2D eigenvalue weighted by Gasteiger charge is -2.34. The second-order valence-corrected chi connectivity index (χ2v) is 8.49. The van der Waals surface area contributed by atoms with Crippen molar-refractivity contribution in [1.29, 1.82) is 0 Å². The summed E-state index contributed by atoms with van der Waals surface area (Å²) in [5.41, 5.74) is 1.12. The summed E-state index contributed by atoms with van der Waals surface area (Å²) in [6.07, 6.45) is 3.30. The number of hydrogen-bond acceptors (Lipinski definition) is 4. The number of piperidine rings is 1. The predicted molar refractivity (Wildman–Crippen MR) is 132 cm³/mol. The maximum Gasteiger partial charge on any atom is 0.193 e. The molecule has 1 aliphatic rings. The topological polar surface area (TPSA) is 63.2 Å². The molecule has 1 atom stereocenters. The number of guanidine groups is 1. The molecule has 8 heteroatoms. The summed E-state index contributed by atoms with van der Waals surface area (Å²) in [5, 5.41) is 3.37. The quantitative estimate of drug-likeness (QED) is 0.204. The molecule has 0 bridgehead atoms. The second kappa shape index (κ2) is 16.0. The third-order valence-corrected chi connectivity index (χ3v) is 5.97. The molecule has 2 rings (SSSR count). The first-order chi connectivity index (χ1) is 13.7. The summed E-state index contributed by atoms with van der Waals surface area (Å²) in [7, 11) is 0.828. The van der Waals surface area contributed by atoms with Crippen LogP contribution in [0.2, 0.25) is 0 Å². The largest absolute Gasteiger partial charge is 0.385 e. The van der Waals surface area contributed by atoms with E-state index in [-0.39, 0.29) is 24.0 Å². The van der Waals surface area contributed by atoms with Crippen molar-refractivity contribution in [1.82, 2.24) is 10.2 Å². The molecule has 0 aromatic heterocycles. The normalized spacial score (nSPS) is 16.3. The maximum atomic E-state index is 12.3. The Morgan fingerprint density at radius 3 is 2.62 bits per heavy atom. The zero-order valence-corrected chi connectivity index (χ0v) is 20.8. The number of ether oxygens (including phenoxy) is 2. The van der Waals surface area contributed by atoms with Crippen LogP contribution in [0, 0.1) is 0 Å². The zero-order chi connectivity index (χ0) is 20.0. The van der Waals surface area contributed by atoms with Gasteiger partial charge in [0.05, 0.1) is 12.6 Å². The van der Waals surface area contributed by atoms with Gasteiger partial charge in [0.15, 0.2) is 5.96 Å². The molecule has 1 heterocycles. The minimum atomic E-state index is -0.891. The molecule has 0 aliphatic carbocycles. The third-order valence-electron chi connectivity index (χ3n) is 4.67. The van der Waals surface area contributed by atoms with Gasteiger partial charge in [-0.15, -0.1) is 24.0 Å². The number of nitrogens with zero attached hydrogens (tertiary/aromatic N) is 2. The van der Waals surface area contributed by atoms with Crippen LogP contribution in [0.3, 0.4) is 0 Å². The lowest BCUT2D eigenvalue weighted by molar-refractivity contribution is 0.00991. The van der Waals surface area contributed by atoms with E-state index in [0.29, 0.717) is 24.2 Å². The van der Waals surface area contributed by atoms with Crippen molar-refractivity contribution in [2.45, 2.75) is 38.0 Å². The fourth-order valence-corrected chi connectivity index (χ4v) is 4.20. The summed E-state index contributed by atoms with van der Waals surface area (Å²) >= 11 is 0. The van der Waals surface area contributed by atoms with Gasteiger partial charge in [0.25, 0.3) is 0 Å². The number of aliphatic imine (C=N–C) groups is 1. The number of hydrogen-bond donors (Lipinski definition) is 1. The smallest absolute Gasteiger partial charge is 0.193 e. The van der Waals surface area contributed by atoms with Crippen molar-refractivity contribution in [2.24, 2.45) is 4.99 Å². The number of nitrogens with one attached hydrogen (secondary N) is 1. The maximum absolute atomic E-state index is 12.3. The SMILES string of the molecule is CCNC(=NCCS(=O)Cc1ccccc1)N1CCC(OCCCOC)CC1.I. The van der Waals surface area contributed by atoms with E-state index in [1.807, 2.05) is 30.3 Å². The highest BCUT2D eigenvalue weighted by molar-refractivity contribution is 14.0. The third kappa shape index (κ3) is 10.8. The molecule has 1 aliphatic heterocycles. The lowest BCUT2D eigenvalue weighted by atomic mass is 10.1. The van der Waals surface area contributed by atoms with Crippen LogP contribution in [-0.2, 0) is 26.0 Å². The summed E-state index contributed by atoms with van der Waals surface area (Å²) in [5.74, 6) is 2.11. The molecule has 6 nitrogen and oxygen atoms in total. The van der Waals surface area contributed by atoms with Crippen LogP contribution in [0.4, 0.5) is 0 Å². The Morgan fingerprint density at radius 2 is 1.97 bits per heavy atom. The molecule has 0 saturated carbocycles.